The third-order valence-corrected chi connectivity index (χ3v) is 5.84. The molecule has 172 valence electrons. The van der Waals surface area contributed by atoms with E-state index in [1.165, 1.54) is 11.6 Å². The maximum absolute atomic E-state index is 11.4. The van der Waals surface area contributed by atoms with Crippen LogP contribution in [0.4, 0.5) is 17.2 Å². The maximum atomic E-state index is 11.4. The molecule has 8 nitrogen and oxygen atoms in total. The Labute approximate surface area is 193 Å². The van der Waals surface area contributed by atoms with Gasteiger partial charge in [0.25, 0.3) is 0 Å². The summed E-state index contributed by atoms with van der Waals surface area (Å²) in [5, 5.41) is 11.4. The minimum absolute atomic E-state index is 0.0225. The fraction of sp³-hybridized carbons (Fsp3) is 0.320. The minimum Gasteiger partial charge on any atom is -0.457 e. The van der Waals surface area contributed by atoms with Crippen LogP contribution in [0.2, 0.25) is 0 Å². The topological polar surface area (TPSA) is 81.0 Å². The van der Waals surface area contributed by atoms with Crippen LogP contribution in [0.1, 0.15) is 12.5 Å². The molecule has 0 bridgehead atoms. The van der Waals surface area contributed by atoms with Gasteiger partial charge in [-0.2, -0.15) is 0 Å². The molecule has 1 aliphatic heterocycles. The molecule has 1 aliphatic rings. The second-order valence-electron chi connectivity index (χ2n) is 8.00. The highest BCUT2D eigenvalue weighted by Crippen LogP contribution is 2.32. The Bertz CT molecular complexity index is 1070. The second kappa shape index (κ2) is 10.4. The highest BCUT2D eigenvalue weighted by molar-refractivity contribution is 5.68. The van der Waals surface area contributed by atoms with Crippen LogP contribution in [0.5, 0.6) is 11.5 Å². The van der Waals surface area contributed by atoms with Crippen LogP contribution >= 0.6 is 0 Å². The number of ether oxygens (including phenoxy) is 2. The first-order valence-electron chi connectivity index (χ1n) is 11.1. The molecule has 0 radical (unpaired) electrons. The second-order valence-corrected chi connectivity index (χ2v) is 8.00. The average molecular weight is 449 g/mol. The number of nitro groups is 1. The monoisotopic (exact) mass is 448 g/mol. The molecule has 1 atom stereocenters. The Morgan fingerprint density at radius 3 is 2.48 bits per heavy atom. The smallest absolute Gasteiger partial charge is 0.311 e. The Morgan fingerprint density at radius 1 is 1.15 bits per heavy atom. The van der Waals surface area contributed by atoms with E-state index in [0.717, 1.165) is 37.6 Å². The van der Waals surface area contributed by atoms with Gasteiger partial charge in [0.2, 0.25) is 5.82 Å². The van der Waals surface area contributed by atoms with Crippen molar-refractivity contribution in [2.75, 3.05) is 38.3 Å². The molecule has 0 aliphatic carbocycles. The molecular weight excluding hydrogens is 420 g/mol. The molecule has 0 spiro atoms. The van der Waals surface area contributed by atoms with E-state index in [1.807, 2.05) is 48.2 Å². The highest BCUT2D eigenvalue weighted by Gasteiger charge is 2.21. The van der Waals surface area contributed by atoms with Crippen molar-refractivity contribution in [2.24, 2.45) is 0 Å². The quantitative estimate of drug-likeness (QED) is 0.361. The van der Waals surface area contributed by atoms with Gasteiger partial charge in [0.15, 0.2) is 0 Å². The summed E-state index contributed by atoms with van der Waals surface area (Å²) in [6.45, 7) is 5.00. The van der Waals surface area contributed by atoms with E-state index in [0.29, 0.717) is 24.2 Å². The van der Waals surface area contributed by atoms with Gasteiger partial charge in [-0.25, -0.2) is 4.98 Å². The van der Waals surface area contributed by atoms with Crippen molar-refractivity contribution in [3.63, 3.8) is 0 Å². The molecule has 33 heavy (non-hydrogen) atoms. The Hall–Kier alpha value is -3.49. The number of rotatable bonds is 8. The molecule has 1 fully saturated rings. The Morgan fingerprint density at radius 2 is 1.85 bits per heavy atom. The normalized spacial score (nSPS) is 16.4. The Kier molecular flexibility index (Phi) is 7.16. The van der Waals surface area contributed by atoms with Crippen molar-refractivity contribution in [1.82, 2.24) is 9.88 Å². The summed E-state index contributed by atoms with van der Waals surface area (Å²) in [4.78, 5) is 19.4. The van der Waals surface area contributed by atoms with Gasteiger partial charge in [0.05, 0.1) is 18.1 Å². The molecule has 4 rings (SSSR count). The lowest BCUT2D eigenvalue weighted by Crippen LogP contribution is -2.43. The lowest BCUT2D eigenvalue weighted by atomic mass is 10.0. The molecule has 0 saturated carbocycles. The summed E-state index contributed by atoms with van der Waals surface area (Å²) in [7, 11) is 2.14. The number of hydrogen-bond acceptors (Lipinski definition) is 7. The van der Waals surface area contributed by atoms with Gasteiger partial charge in [0.1, 0.15) is 11.5 Å². The number of pyridine rings is 1. The summed E-state index contributed by atoms with van der Waals surface area (Å²) in [6, 6.07) is 19.0. The summed E-state index contributed by atoms with van der Waals surface area (Å²) >= 11 is 0. The number of anilines is 2. The van der Waals surface area contributed by atoms with Crippen molar-refractivity contribution >= 4 is 17.2 Å². The number of morpholine rings is 1. The van der Waals surface area contributed by atoms with Crippen LogP contribution in [0.15, 0.2) is 66.9 Å². The standard InChI is InChI=1S/C25H28N4O4/c1-3-28(25-24(29(30)31)5-4-14-26-25)20-8-12-23(13-9-20)33-22-10-6-19(7-11-22)17-21-18-32-16-15-27(21)2/h4-14,21H,3,15-18H2,1-2H3. The predicted molar refractivity (Wildman–Crippen MR) is 127 cm³/mol. The van der Waals surface area contributed by atoms with E-state index in [4.69, 9.17) is 9.47 Å². The lowest BCUT2D eigenvalue weighted by molar-refractivity contribution is -0.384. The minimum atomic E-state index is -0.411. The maximum Gasteiger partial charge on any atom is 0.311 e. The molecule has 1 saturated heterocycles. The molecule has 1 aromatic heterocycles. The first kappa shape index (κ1) is 22.7. The highest BCUT2D eigenvalue weighted by atomic mass is 16.6. The number of benzene rings is 2. The van der Waals surface area contributed by atoms with Crippen LogP contribution in [-0.4, -0.2) is 54.2 Å². The summed E-state index contributed by atoms with van der Waals surface area (Å²) < 4.78 is 11.6. The van der Waals surface area contributed by atoms with Crippen molar-refractivity contribution in [2.45, 2.75) is 19.4 Å². The van der Waals surface area contributed by atoms with Gasteiger partial charge in [-0.05, 0) is 68.4 Å². The molecular formula is C25H28N4O4. The Balaban J connectivity index is 1.42. The number of nitrogens with zero attached hydrogens (tertiary/aromatic N) is 4. The summed E-state index contributed by atoms with van der Waals surface area (Å²) in [5.41, 5.74) is 2.03. The summed E-state index contributed by atoms with van der Waals surface area (Å²) in [5.74, 6) is 1.77. The van der Waals surface area contributed by atoms with Crippen LogP contribution in [0, 0.1) is 10.1 Å². The van der Waals surface area contributed by atoms with Crippen LogP contribution in [0.25, 0.3) is 0 Å². The van der Waals surface area contributed by atoms with Gasteiger partial charge in [0, 0.05) is 37.1 Å². The zero-order valence-corrected chi connectivity index (χ0v) is 18.9. The molecule has 0 amide bonds. The third kappa shape index (κ3) is 5.47. The van der Waals surface area contributed by atoms with Crippen molar-refractivity contribution in [3.8, 4) is 11.5 Å². The molecule has 8 heteroatoms. The SMILES string of the molecule is CCN(c1ccc(Oc2ccc(CC3COCCN3C)cc2)cc1)c1ncccc1[N+](=O)[O-]. The fourth-order valence-corrected chi connectivity index (χ4v) is 3.94. The van der Waals surface area contributed by atoms with Gasteiger partial charge < -0.3 is 14.4 Å². The number of likely N-dealkylation sites (N-methyl/N-ethyl adjacent to an activating group) is 1. The first-order chi connectivity index (χ1) is 16.0. The first-order valence-corrected chi connectivity index (χ1v) is 11.1. The number of aromatic nitrogens is 1. The van der Waals surface area contributed by atoms with Crippen LogP contribution in [-0.2, 0) is 11.2 Å². The molecule has 0 N–H and O–H groups in total. The molecule has 2 aromatic carbocycles. The third-order valence-electron chi connectivity index (χ3n) is 5.84. The van der Waals surface area contributed by atoms with Crippen molar-refractivity contribution in [1.29, 1.82) is 0 Å². The van der Waals surface area contributed by atoms with E-state index < -0.39 is 4.92 Å². The van der Waals surface area contributed by atoms with Crippen molar-refractivity contribution in [3.05, 3.63) is 82.5 Å². The molecule has 2 heterocycles. The van der Waals surface area contributed by atoms with Gasteiger partial charge in [-0.3, -0.25) is 15.0 Å². The molecule has 3 aromatic rings. The van der Waals surface area contributed by atoms with E-state index in [9.17, 15) is 10.1 Å². The fourth-order valence-electron chi connectivity index (χ4n) is 3.94. The zero-order chi connectivity index (χ0) is 23.2. The lowest BCUT2D eigenvalue weighted by Gasteiger charge is -2.32. The van der Waals surface area contributed by atoms with E-state index in [1.54, 1.807) is 12.3 Å². The van der Waals surface area contributed by atoms with E-state index in [-0.39, 0.29) is 5.69 Å². The van der Waals surface area contributed by atoms with Crippen LogP contribution < -0.4 is 9.64 Å². The van der Waals surface area contributed by atoms with Gasteiger partial charge in [-0.1, -0.05) is 12.1 Å². The predicted octanol–water partition coefficient (Wildman–Crippen LogP) is 4.81. The van der Waals surface area contributed by atoms with Gasteiger partial charge in [-0.15, -0.1) is 0 Å². The van der Waals surface area contributed by atoms with E-state index >= 15 is 0 Å². The molecule has 1 unspecified atom stereocenters. The number of hydrogen-bond donors (Lipinski definition) is 0. The largest absolute Gasteiger partial charge is 0.457 e. The average Bonchev–Trinajstić information content (AvgIpc) is 2.83. The van der Waals surface area contributed by atoms with Gasteiger partial charge >= 0.3 is 5.69 Å². The van der Waals surface area contributed by atoms with Crippen molar-refractivity contribution < 1.29 is 14.4 Å². The van der Waals surface area contributed by atoms with E-state index in [2.05, 4.69) is 29.1 Å². The van der Waals surface area contributed by atoms with Crippen LogP contribution in [0.3, 0.4) is 0 Å². The zero-order valence-electron chi connectivity index (χ0n) is 18.9. The summed E-state index contributed by atoms with van der Waals surface area (Å²) in [6.07, 6.45) is 2.50.